The van der Waals surface area contributed by atoms with E-state index in [1.165, 1.54) is 29.2 Å². The fourth-order valence-corrected chi connectivity index (χ4v) is 4.02. The largest absolute Gasteiger partial charge is 0.309 e. The zero-order valence-corrected chi connectivity index (χ0v) is 13.0. The van der Waals surface area contributed by atoms with E-state index in [0.29, 0.717) is 11.5 Å². The van der Waals surface area contributed by atoms with E-state index >= 15 is 0 Å². The number of thioether (sulfide) groups is 1. The predicted molar refractivity (Wildman–Crippen MR) is 79.0 cm³/mol. The molecule has 3 nitrogen and oxygen atoms in total. The first-order valence-electron chi connectivity index (χ1n) is 6.69. The van der Waals surface area contributed by atoms with E-state index < -0.39 is 0 Å². The van der Waals surface area contributed by atoms with Crippen LogP contribution in [0.1, 0.15) is 37.2 Å². The lowest BCUT2D eigenvalue weighted by Crippen LogP contribution is -2.40. The van der Waals surface area contributed by atoms with Gasteiger partial charge in [-0.25, -0.2) is 0 Å². The van der Waals surface area contributed by atoms with Crippen molar-refractivity contribution in [2.75, 3.05) is 11.5 Å². The molecule has 0 radical (unpaired) electrons. The van der Waals surface area contributed by atoms with Crippen LogP contribution in [0.15, 0.2) is 0 Å². The fourth-order valence-electron chi connectivity index (χ4n) is 2.71. The molecule has 0 aliphatic carbocycles. The van der Waals surface area contributed by atoms with E-state index in [1.54, 1.807) is 0 Å². The normalized spacial score (nSPS) is 23.3. The Morgan fingerprint density at radius 3 is 2.72 bits per heavy atom. The van der Waals surface area contributed by atoms with Gasteiger partial charge in [-0.1, -0.05) is 13.8 Å². The summed E-state index contributed by atoms with van der Waals surface area (Å²) in [6.45, 7) is 9.94. The highest BCUT2D eigenvalue weighted by molar-refractivity contribution is 7.99. The number of hydrogen-bond acceptors (Lipinski definition) is 3. The van der Waals surface area contributed by atoms with Crippen LogP contribution in [0.4, 0.5) is 0 Å². The van der Waals surface area contributed by atoms with Crippen LogP contribution in [0.2, 0.25) is 0 Å². The minimum Gasteiger partial charge on any atom is -0.309 e. The maximum atomic E-state index is 4.47. The smallest absolute Gasteiger partial charge is 0.0641 e. The topological polar surface area (TPSA) is 29.9 Å². The summed E-state index contributed by atoms with van der Waals surface area (Å²) in [5.41, 5.74) is 4.28. The molecule has 0 bridgehead atoms. The van der Waals surface area contributed by atoms with Crippen molar-refractivity contribution >= 4 is 11.8 Å². The highest BCUT2D eigenvalue weighted by Crippen LogP contribution is 2.33. The van der Waals surface area contributed by atoms with Gasteiger partial charge in [-0.2, -0.15) is 16.9 Å². The second-order valence-corrected chi connectivity index (χ2v) is 7.26. The van der Waals surface area contributed by atoms with Crippen LogP contribution < -0.4 is 5.32 Å². The summed E-state index contributed by atoms with van der Waals surface area (Å²) in [6, 6.07) is 0.637. The quantitative estimate of drug-likeness (QED) is 0.913. The first kappa shape index (κ1) is 13.9. The monoisotopic (exact) mass is 267 g/mol. The van der Waals surface area contributed by atoms with E-state index in [-0.39, 0.29) is 0 Å². The lowest BCUT2D eigenvalue weighted by Gasteiger charge is -2.35. The van der Waals surface area contributed by atoms with Gasteiger partial charge in [0.05, 0.1) is 5.69 Å². The van der Waals surface area contributed by atoms with E-state index in [2.05, 4.69) is 49.9 Å². The van der Waals surface area contributed by atoms with Crippen LogP contribution >= 0.6 is 11.8 Å². The molecule has 1 atom stereocenters. The van der Waals surface area contributed by atoms with Crippen molar-refractivity contribution in [3.8, 4) is 0 Å². The molecule has 2 heterocycles. The van der Waals surface area contributed by atoms with Crippen molar-refractivity contribution in [2.24, 2.45) is 12.5 Å². The molecular formula is C14H25N3S. The molecule has 4 heteroatoms. The Balaban J connectivity index is 1.95. The number of rotatable bonds is 3. The Morgan fingerprint density at radius 2 is 2.17 bits per heavy atom. The Morgan fingerprint density at radius 1 is 1.44 bits per heavy atom. The van der Waals surface area contributed by atoms with E-state index in [9.17, 15) is 0 Å². The minimum atomic E-state index is 0.472. The van der Waals surface area contributed by atoms with Crippen molar-refractivity contribution in [1.82, 2.24) is 15.1 Å². The third kappa shape index (κ3) is 3.09. The van der Waals surface area contributed by atoms with Crippen molar-refractivity contribution < 1.29 is 0 Å². The average Bonchev–Trinajstić information content (AvgIpc) is 2.50. The van der Waals surface area contributed by atoms with Gasteiger partial charge in [0.2, 0.25) is 0 Å². The summed E-state index contributed by atoms with van der Waals surface area (Å²) in [6.07, 6.45) is 1.28. The summed E-state index contributed by atoms with van der Waals surface area (Å²) >= 11 is 2.08. The van der Waals surface area contributed by atoms with E-state index in [4.69, 9.17) is 0 Å². The van der Waals surface area contributed by atoms with E-state index in [0.717, 1.165) is 12.2 Å². The van der Waals surface area contributed by atoms with Gasteiger partial charge >= 0.3 is 0 Å². The van der Waals surface area contributed by atoms with Crippen LogP contribution in [0.25, 0.3) is 0 Å². The van der Waals surface area contributed by atoms with Gasteiger partial charge in [-0.3, -0.25) is 4.68 Å². The summed E-state index contributed by atoms with van der Waals surface area (Å²) in [4.78, 5) is 0. The van der Waals surface area contributed by atoms with Gasteiger partial charge in [0.15, 0.2) is 0 Å². The second kappa shape index (κ2) is 5.25. The minimum absolute atomic E-state index is 0.472. The second-order valence-electron chi connectivity index (χ2n) is 6.23. The lowest BCUT2D eigenvalue weighted by atomic mass is 9.88. The van der Waals surface area contributed by atoms with Crippen LogP contribution in [-0.4, -0.2) is 27.3 Å². The molecule has 2 rings (SSSR count). The van der Waals surface area contributed by atoms with Crippen LogP contribution in [-0.2, 0) is 13.6 Å². The van der Waals surface area contributed by atoms with Gasteiger partial charge in [-0.05, 0) is 31.4 Å². The lowest BCUT2D eigenvalue weighted by molar-refractivity contribution is 0.317. The molecule has 1 saturated heterocycles. The number of nitrogens with zero attached hydrogens (tertiary/aromatic N) is 2. The van der Waals surface area contributed by atoms with Crippen molar-refractivity contribution in [3.05, 3.63) is 17.0 Å². The Kier molecular flexibility index (Phi) is 4.07. The number of aromatic nitrogens is 2. The highest BCUT2D eigenvalue weighted by Gasteiger charge is 2.28. The standard InChI is InChI=1S/C14H25N3S/c1-10-13(11(2)17(5)16-10)7-15-12-6-14(3,4)9-18-8-12/h12,15H,6-9H2,1-5H3. The molecular weight excluding hydrogens is 242 g/mol. The molecule has 1 aliphatic heterocycles. The van der Waals surface area contributed by atoms with Gasteiger partial charge in [-0.15, -0.1) is 0 Å². The summed E-state index contributed by atoms with van der Waals surface area (Å²) in [5, 5.41) is 8.19. The molecule has 0 amide bonds. The van der Waals surface area contributed by atoms with Gasteiger partial charge < -0.3 is 5.32 Å². The van der Waals surface area contributed by atoms with Crippen LogP contribution in [0.5, 0.6) is 0 Å². The number of hydrogen-bond donors (Lipinski definition) is 1. The molecule has 1 aliphatic rings. The number of nitrogens with one attached hydrogen (secondary N) is 1. The highest BCUT2D eigenvalue weighted by atomic mass is 32.2. The first-order valence-corrected chi connectivity index (χ1v) is 7.85. The molecule has 0 spiro atoms. The fraction of sp³-hybridized carbons (Fsp3) is 0.786. The van der Waals surface area contributed by atoms with Crippen molar-refractivity contribution in [3.63, 3.8) is 0 Å². The van der Waals surface area contributed by atoms with Gasteiger partial charge in [0.1, 0.15) is 0 Å². The van der Waals surface area contributed by atoms with Crippen molar-refractivity contribution in [1.29, 1.82) is 0 Å². The molecule has 1 fully saturated rings. The summed E-state index contributed by atoms with van der Waals surface area (Å²) < 4.78 is 1.98. The van der Waals surface area contributed by atoms with Crippen LogP contribution in [0.3, 0.4) is 0 Å². The third-order valence-electron chi connectivity index (χ3n) is 3.84. The molecule has 1 aromatic heterocycles. The molecule has 1 unspecified atom stereocenters. The first-order chi connectivity index (χ1) is 8.39. The van der Waals surface area contributed by atoms with Gasteiger partial charge in [0.25, 0.3) is 0 Å². The zero-order valence-electron chi connectivity index (χ0n) is 12.2. The van der Waals surface area contributed by atoms with Gasteiger partial charge in [0, 0.05) is 36.6 Å². The van der Waals surface area contributed by atoms with Crippen LogP contribution in [0, 0.1) is 19.3 Å². The Bertz CT molecular complexity index is 423. The van der Waals surface area contributed by atoms with Crippen molar-refractivity contribution in [2.45, 2.75) is 46.7 Å². The maximum Gasteiger partial charge on any atom is 0.0641 e. The summed E-state index contributed by atoms with van der Waals surface area (Å²) in [5.74, 6) is 2.53. The summed E-state index contributed by atoms with van der Waals surface area (Å²) in [7, 11) is 2.02. The molecule has 0 aromatic carbocycles. The third-order valence-corrected chi connectivity index (χ3v) is 5.46. The molecule has 1 aromatic rings. The average molecular weight is 267 g/mol. The van der Waals surface area contributed by atoms with E-state index in [1.807, 2.05) is 11.7 Å². The Labute approximate surface area is 115 Å². The molecule has 102 valence electrons. The molecule has 1 N–H and O–H groups in total. The SMILES string of the molecule is Cc1nn(C)c(C)c1CNC1CSCC(C)(C)C1. The molecule has 0 saturated carbocycles. The zero-order chi connectivity index (χ0) is 13.3. The Hall–Kier alpha value is -0.480. The predicted octanol–water partition coefficient (Wildman–Crippen LogP) is 2.66. The maximum absolute atomic E-state index is 4.47. The number of aryl methyl sites for hydroxylation is 2. The molecule has 18 heavy (non-hydrogen) atoms.